The van der Waals surface area contributed by atoms with Crippen LogP contribution in [0, 0.1) is 0 Å². The molecule has 1 heterocycles. The van der Waals surface area contributed by atoms with Gasteiger partial charge >= 0.3 is 0 Å². The maximum atomic E-state index is 6.50. The SMILES string of the molecule is CC1=CC(C)(C)N(C)c2cc(Cl)c(/C=N/NC(=S)Nc3ccccc3)cc21. The molecule has 0 saturated heterocycles. The third-order valence-electron chi connectivity index (χ3n) is 4.74. The predicted molar refractivity (Wildman–Crippen MR) is 121 cm³/mol. The van der Waals surface area contributed by atoms with Crippen LogP contribution in [0.25, 0.3) is 5.57 Å². The molecule has 1 aliphatic rings. The number of benzene rings is 2. The number of halogens is 1. The van der Waals surface area contributed by atoms with Crippen LogP contribution in [-0.4, -0.2) is 23.9 Å². The Morgan fingerprint density at radius 1 is 1.22 bits per heavy atom. The highest BCUT2D eigenvalue weighted by Gasteiger charge is 2.29. The number of allylic oxidation sites excluding steroid dienone is 1. The number of hydrazone groups is 1. The van der Waals surface area contributed by atoms with Crippen LogP contribution in [0.4, 0.5) is 11.4 Å². The molecule has 140 valence electrons. The second kappa shape index (κ2) is 7.71. The minimum Gasteiger partial charge on any atom is -0.365 e. The summed E-state index contributed by atoms with van der Waals surface area (Å²) in [5.74, 6) is 0. The number of likely N-dealkylation sites (N-methyl/N-ethyl adjacent to an activating group) is 1. The monoisotopic (exact) mass is 398 g/mol. The van der Waals surface area contributed by atoms with Crippen molar-refractivity contribution in [3.63, 3.8) is 0 Å². The van der Waals surface area contributed by atoms with Crippen molar-refractivity contribution in [3.05, 3.63) is 64.7 Å². The topological polar surface area (TPSA) is 39.7 Å². The smallest absolute Gasteiger partial charge is 0.191 e. The number of nitrogens with one attached hydrogen (secondary N) is 2. The number of hydrogen-bond donors (Lipinski definition) is 2. The maximum absolute atomic E-state index is 6.50. The number of fused-ring (bicyclic) bond motifs is 1. The summed E-state index contributed by atoms with van der Waals surface area (Å²) >= 11 is 11.8. The van der Waals surface area contributed by atoms with Gasteiger partial charge in [-0.3, -0.25) is 5.43 Å². The molecule has 0 amide bonds. The third-order valence-corrected chi connectivity index (χ3v) is 5.26. The number of nitrogens with zero attached hydrogens (tertiary/aromatic N) is 2. The van der Waals surface area contributed by atoms with E-state index in [4.69, 9.17) is 23.8 Å². The van der Waals surface area contributed by atoms with Crippen molar-refractivity contribution < 1.29 is 0 Å². The summed E-state index contributed by atoms with van der Waals surface area (Å²) in [5, 5.41) is 8.37. The molecule has 0 aromatic heterocycles. The summed E-state index contributed by atoms with van der Waals surface area (Å²) in [6.07, 6.45) is 3.95. The molecular formula is C21H23ClN4S. The Morgan fingerprint density at radius 2 is 1.93 bits per heavy atom. The van der Waals surface area contributed by atoms with E-state index in [-0.39, 0.29) is 5.54 Å². The van der Waals surface area contributed by atoms with Crippen molar-refractivity contribution >= 4 is 52.1 Å². The zero-order valence-corrected chi connectivity index (χ0v) is 17.4. The van der Waals surface area contributed by atoms with Gasteiger partial charge in [0, 0.05) is 29.5 Å². The average molecular weight is 399 g/mol. The zero-order chi connectivity index (χ0) is 19.6. The van der Waals surface area contributed by atoms with Gasteiger partial charge in [-0.1, -0.05) is 35.9 Å². The Hall–Kier alpha value is -2.37. The molecule has 1 aliphatic heterocycles. The highest BCUT2D eigenvalue weighted by molar-refractivity contribution is 7.80. The summed E-state index contributed by atoms with van der Waals surface area (Å²) in [6.45, 7) is 6.50. The summed E-state index contributed by atoms with van der Waals surface area (Å²) in [5.41, 5.74) is 8.03. The van der Waals surface area contributed by atoms with Crippen molar-refractivity contribution in [2.24, 2.45) is 5.10 Å². The quantitative estimate of drug-likeness (QED) is 0.418. The van der Waals surface area contributed by atoms with Crippen LogP contribution in [-0.2, 0) is 0 Å². The van der Waals surface area contributed by atoms with Crippen LogP contribution >= 0.6 is 23.8 Å². The van der Waals surface area contributed by atoms with Crippen LogP contribution in [0.2, 0.25) is 5.02 Å². The Morgan fingerprint density at radius 3 is 2.63 bits per heavy atom. The predicted octanol–water partition coefficient (Wildman–Crippen LogP) is 5.29. The second-order valence-electron chi connectivity index (χ2n) is 7.12. The summed E-state index contributed by atoms with van der Waals surface area (Å²) < 4.78 is 0. The molecule has 0 saturated carbocycles. The molecular weight excluding hydrogens is 376 g/mol. The van der Waals surface area contributed by atoms with Crippen molar-refractivity contribution in [3.8, 4) is 0 Å². The van der Waals surface area contributed by atoms with Crippen molar-refractivity contribution in [2.75, 3.05) is 17.3 Å². The highest BCUT2D eigenvalue weighted by Crippen LogP contribution is 2.40. The van der Waals surface area contributed by atoms with E-state index in [1.807, 2.05) is 36.4 Å². The van der Waals surface area contributed by atoms with E-state index in [2.05, 4.69) is 60.7 Å². The van der Waals surface area contributed by atoms with Gasteiger partial charge in [0.1, 0.15) is 0 Å². The van der Waals surface area contributed by atoms with Gasteiger partial charge in [0.2, 0.25) is 0 Å². The molecule has 2 N–H and O–H groups in total. The molecule has 0 spiro atoms. The first-order valence-electron chi connectivity index (χ1n) is 8.70. The molecule has 2 aromatic rings. The van der Waals surface area contributed by atoms with E-state index >= 15 is 0 Å². The molecule has 27 heavy (non-hydrogen) atoms. The van der Waals surface area contributed by atoms with Crippen LogP contribution in [0.1, 0.15) is 31.9 Å². The molecule has 0 unspecified atom stereocenters. The zero-order valence-electron chi connectivity index (χ0n) is 15.9. The fraction of sp³-hybridized carbons (Fsp3) is 0.238. The number of thiocarbonyl (C=S) groups is 1. The van der Waals surface area contributed by atoms with Gasteiger partial charge in [0.25, 0.3) is 0 Å². The Kier molecular flexibility index (Phi) is 5.53. The number of para-hydroxylation sites is 1. The largest absolute Gasteiger partial charge is 0.365 e. The summed E-state index contributed by atoms with van der Waals surface area (Å²) in [4.78, 5) is 2.24. The first-order chi connectivity index (χ1) is 12.8. The normalized spacial score (nSPS) is 15.3. The van der Waals surface area contributed by atoms with Gasteiger partial charge in [0.15, 0.2) is 5.11 Å². The van der Waals surface area contributed by atoms with Gasteiger partial charge in [-0.2, -0.15) is 5.10 Å². The number of hydrogen-bond acceptors (Lipinski definition) is 3. The molecule has 3 rings (SSSR count). The fourth-order valence-electron chi connectivity index (χ4n) is 3.13. The molecule has 0 radical (unpaired) electrons. The van der Waals surface area contributed by atoms with E-state index in [0.717, 1.165) is 22.5 Å². The molecule has 0 bridgehead atoms. The lowest BCUT2D eigenvalue weighted by Crippen LogP contribution is -2.42. The van der Waals surface area contributed by atoms with Gasteiger partial charge in [-0.05, 0) is 62.8 Å². The summed E-state index contributed by atoms with van der Waals surface area (Å²) in [6, 6.07) is 13.8. The van der Waals surface area contributed by atoms with Crippen LogP contribution in [0.15, 0.2) is 53.6 Å². The molecule has 6 heteroatoms. The minimum absolute atomic E-state index is 0.0487. The van der Waals surface area contributed by atoms with E-state index in [9.17, 15) is 0 Å². The maximum Gasteiger partial charge on any atom is 0.191 e. The molecule has 2 aromatic carbocycles. The lowest BCUT2D eigenvalue weighted by Gasteiger charge is -2.40. The number of rotatable bonds is 3. The van der Waals surface area contributed by atoms with Crippen LogP contribution in [0.3, 0.4) is 0 Å². The Balaban J connectivity index is 1.76. The summed E-state index contributed by atoms with van der Waals surface area (Å²) in [7, 11) is 2.08. The minimum atomic E-state index is -0.0487. The lowest BCUT2D eigenvalue weighted by atomic mass is 9.88. The van der Waals surface area contributed by atoms with Crippen molar-refractivity contribution in [1.82, 2.24) is 5.43 Å². The first-order valence-corrected chi connectivity index (χ1v) is 9.49. The third kappa shape index (κ3) is 4.31. The first kappa shape index (κ1) is 19.4. The van der Waals surface area contributed by atoms with Gasteiger partial charge in [-0.25, -0.2) is 0 Å². The highest BCUT2D eigenvalue weighted by atomic mass is 35.5. The Bertz CT molecular complexity index is 919. The lowest BCUT2D eigenvalue weighted by molar-refractivity contribution is 0.598. The van der Waals surface area contributed by atoms with Crippen molar-refractivity contribution in [2.45, 2.75) is 26.3 Å². The van der Waals surface area contributed by atoms with Gasteiger partial charge in [0.05, 0.1) is 16.8 Å². The molecule has 0 aliphatic carbocycles. The van der Waals surface area contributed by atoms with Crippen molar-refractivity contribution in [1.29, 1.82) is 0 Å². The second-order valence-corrected chi connectivity index (χ2v) is 7.94. The van der Waals surface area contributed by atoms with E-state index in [1.165, 1.54) is 5.57 Å². The van der Waals surface area contributed by atoms with Gasteiger partial charge < -0.3 is 10.2 Å². The molecule has 0 fully saturated rings. The average Bonchev–Trinajstić information content (AvgIpc) is 2.61. The van der Waals surface area contributed by atoms with E-state index in [1.54, 1.807) is 6.21 Å². The van der Waals surface area contributed by atoms with Gasteiger partial charge in [-0.15, -0.1) is 0 Å². The fourth-order valence-corrected chi connectivity index (χ4v) is 3.50. The van der Waals surface area contributed by atoms with E-state index in [0.29, 0.717) is 10.1 Å². The van der Waals surface area contributed by atoms with Crippen LogP contribution < -0.4 is 15.6 Å². The molecule has 4 nitrogen and oxygen atoms in total. The standard InChI is InChI=1S/C21H23ClN4S/c1-14-12-21(2,3)26(4)19-11-18(22)15(10-17(14)19)13-23-25-20(27)24-16-8-6-5-7-9-16/h5-13H,1-4H3,(H2,24,25,27)/b23-13+. The van der Waals surface area contributed by atoms with E-state index < -0.39 is 0 Å². The number of anilines is 2. The Labute approximate surface area is 170 Å². The molecule has 0 atom stereocenters. The van der Waals surface area contributed by atoms with Crippen LogP contribution in [0.5, 0.6) is 0 Å².